The van der Waals surface area contributed by atoms with Crippen molar-refractivity contribution in [3.8, 4) is 11.5 Å². The van der Waals surface area contributed by atoms with E-state index >= 15 is 0 Å². The summed E-state index contributed by atoms with van der Waals surface area (Å²) in [5, 5.41) is 4.34. The Bertz CT molecular complexity index is 891. The van der Waals surface area contributed by atoms with Gasteiger partial charge in [0.2, 0.25) is 0 Å². The molecule has 3 aromatic carbocycles. The maximum Gasteiger partial charge on any atom is 0.135 e. The fraction of sp³-hybridized carbons (Fsp3) is 0.462. The standard InChI is InChI=1S/C26H30O4/c1-3-9-21-23(29-21)15-27-25-17-11-5-7-13-19(17)26(20-14-8-6-12-18(20)25)28-16-24-22(30-24)10-4-2/h5-8,11-14,21-24H,3-4,9-10,15-16H2,1-2H3. The Morgan fingerprint density at radius 2 is 0.967 bits per heavy atom. The summed E-state index contributed by atoms with van der Waals surface area (Å²) in [6, 6.07) is 16.7. The topological polar surface area (TPSA) is 43.5 Å². The summed E-state index contributed by atoms with van der Waals surface area (Å²) in [7, 11) is 0. The van der Waals surface area contributed by atoms with Crippen LogP contribution in [0.2, 0.25) is 0 Å². The summed E-state index contributed by atoms with van der Waals surface area (Å²) in [4.78, 5) is 0. The molecule has 0 aliphatic carbocycles. The lowest BCUT2D eigenvalue weighted by Crippen LogP contribution is -2.10. The number of hydrogen-bond donors (Lipinski definition) is 0. The summed E-state index contributed by atoms with van der Waals surface area (Å²) >= 11 is 0. The lowest BCUT2D eigenvalue weighted by Gasteiger charge is -2.17. The van der Waals surface area contributed by atoms with Crippen molar-refractivity contribution in [3.05, 3.63) is 48.5 Å². The number of rotatable bonds is 10. The van der Waals surface area contributed by atoms with Crippen LogP contribution in [0.5, 0.6) is 11.5 Å². The van der Waals surface area contributed by atoms with Gasteiger partial charge in [0.25, 0.3) is 0 Å². The molecule has 158 valence electrons. The molecular weight excluding hydrogens is 376 g/mol. The molecule has 0 N–H and O–H groups in total. The quantitative estimate of drug-likeness (QED) is 0.311. The molecule has 4 atom stereocenters. The number of ether oxygens (including phenoxy) is 4. The Morgan fingerprint density at radius 3 is 1.30 bits per heavy atom. The second kappa shape index (κ2) is 8.44. The minimum atomic E-state index is 0.209. The molecule has 2 heterocycles. The van der Waals surface area contributed by atoms with E-state index in [-0.39, 0.29) is 12.2 Å². The molecular formula is C26H30O4. The highest BCUT2D eigenvalue weighted by atomic mass is 16.6. The van der Waals surface area contributed by atoms with E-state index in [1.165, 1.54) is 0 Å². The van der Waals surface area contributed by atoms with Crippen LogP contribution in [-0.2, 0) is 9.47 Å². The predicted molar refractivity (Wildman–Crippen MR) is 120 cm³/mol. The summed E-state index contributed by atoms with van der Waals surface area (Å²) in [6.07, 6.45) is 5.61. The summed E-state index contributed by atoms with van der Waals surface area (Å²) in [6.45, 7) is 5.56. The van der Waals surface area contributed by atoms with E-state index in [0.29, 0.717) is 25.4 Å². The van der Waals surface area contributed by atoms with Crippen LogP contribution in [0.3, 0.4) is 0 Å². The molecule has 2 saturated heterocycles. The lowest BCUT2D eigenvalue weighted by molar-refractivity contribution is 0.261. The third-order valence-corrected chi connectivity index (χ3v) is 6.14. The first-order valence-electron chi connectivity index (χ1n) is 11.3. The van der Waals surface area contributed by atoms with Crippen molar-refractivity contribution in [2.24, 2.45) is 0 Å². The summed E-state index contributed by atoms with van der Waals surface area (Å²) in [5.41, 5.74) is 0. The Labute approximate surface area is 178 Å². The van der Waals surface area contributed by atoms with Gasteiger partial charge in [0.1, 0.15) is 36.9 Å². The average Bonchev–Trinajstić information content (AvgIpc) is 3.69. The summed E-state index contributed by atoms with van der Waals surface area (Å²) in [5.74, 6) is 1.84. The number of benzene rings is 3. The third-order valence-electron chi connectivity index (χ3n) is 6.14. The highest BCUT2D eigenvalue weighted by Crippen LogP contribution is 2.43. The monoisotopic (exact) mass is 406 g/mol. The molecule has 4 nitrogen and oxygen atoms in total. The van der Waals surface area contributed by atoms with Crippen molar-refractivity contribution in [3.63, 3.8) is 0 Å². The van der Waals surface area contributed by atoms with E-state index in [1.807, 2.05) is 0 Å². The van der Waals surface area contributed by atoms with Gasteiger partial charge in [-0.15, -0.1) is 0 Å². The van der Waals surface area contributed by atoms with Crippen LogP contribution in [0.25, 0.3) is 21.5 Å². The van der Waals surface area contributed by atoms with Crippen molar-refractivity contribution >= 4 is 21.5 Å². The molecule has 0 aromatic heterocycles. The zero-order valence-corrected chi connectivity index (χ0v) is 17.8. The van der Waals surface area contributed by atoms with Gasteiger partial charge >= 0.3 is 0 Å². The van der Waals surface area contributed by atoms with Crippen molar-refractivity contribution in [2.75, 3.05) is 13.2 Å². The first-order chi connectivity index (χ1) is 14.8. The van der Waals surface area contributed by atoms with Gasteiger partial charge in [0.15, 0.2) is 0 Å². The molecule has 2 fully saturated rings. The maximum atomic E-state index is 6.37. The van der Waals surface area contributed by atoms with E-state index in [2.05, 4.69) is 62.4 Å². The van der Waals surface area contributed by atoms with E-state index in [9.17, 15) is 0 Å². The van der Waals surface area contributed by atoms with Gasteiger partial charge in [-0.1, -0.05) is 75.2 Å². The number of fused-ring (bicyclic) bond motifs is 2. The average molecular weight is 407 g/mol. The Balaban J connectivity index is 1.45. The van der Waals surface area contributed by atoms with Gasteiger partial charge in [-0.3, -0.25) is 0 Å². The predicted octanol–water partition coefficient (Wildman–Crippen LogP) is 5.89. The van der Waals surface area contributed by atoms with Crippen LogP contribution in [0.1, 0.15) is 39.5 Å². The molecule has 0 bridgehead atoms. The normalized spacial score (nSPS) is 24.9. The molecule has 3 aromatic rings. The van der Waals surface area contributed by atoms with Gasteiger partial charge in [0, 0.05) is 21.5 Å². The molecule has 5 rings (SSSR count). The highest BCUT2D eigenvalue weighted by molar-refractivity contribution is 6.11. The van der Waals surface area contributed by atoms with Crippen LogP contribution in [-0.4, -0.2) is 37.6 Å². The minimum Gasteiger partial charge on any atom is -0.489 e. The first kappa shape index (κ1) is 19.7. The third kappa shape index (κ3) is 3.86. The van der Waals surface area contributed by atoms with Crippen LogP contribution >= 0.6 is 0 Å². The van der Waals surface area contributed by atoms with Crippen LogP contribution in [0.4, 0.5) is 0 Å². The molecule has 0 radical (unpaired) electrons. The van der Waals surface area contributed by atoms with E-state index in [4.69, 9.17) is 18.9 Å². The Kier molecular flexibility index (Phi) is 5.53. The van der Waals surface area contributed by atoms with Crippen molar-refractivity contribution in [1.82, 2.24) is 0 Å². The molecule has 30 heavy (non-hydrogen) atoms. The smallest absolute Gasteiger partial charge is 0.135 e. The zero-order valence-electron chi connectivity index (χ0n) is 17.8. The van der Waals surface area contributed by atoms with E-state index < -0.39 is 0 Å². The van der Waals surface area contributed by atoms with Gasteiger partial charge in [-0.2, -0.15) is 0 Å². The first-order valence-corrected chi connectivity index (χ1v) is 11.3. The Hall–Kier alpha value is -2.30. The lowest BCUT2D eigenvalue weighted by atomic mass is 10.0. The van der Waals surface area contributed by atoms with Crippen LogP contribution < -0.4 is 9.47 Å². The SMILES string of the molecule is CCCC1OC1COc1c2ccccc2c(OCC2OC2CCC)c2ccccc12. The van der Waals surface area contributed by atoms with Gasteiger partial charge in [-0.25, -0.2) is 0 Å². The van der Waals surface area contributed by atoms with Crippen molar-refractivity contribution in [2.45, 2.75) is 63.9 Å². The zero-order chi connectivity index (χ0) is 20.5. The van der Waals surface area contributed by atoms with E-state index in [1.54, 1.807) is 0 Å². The molecule has 4 heteroatoms. The van der Waals surface area contributed by atoms with Crippen molar-refractivity contribution in [1.29, 1.82) is 0 Å². The van der Waals surface area contributed by atoms with Crippen LogP contribution in [0.15, 0.2) is 48.5 Å². The van der Waals surface area contributed by atoms with Crippen LogP contribution in [0, 0.1) is 0 Å². The van der Waals surface area contributed by atoms with Gasteiger partial charge in [-0.05, 0) is 12.8 Å². The highest BCUT2D eigenvalue weighted by Gasteiger charge is 2.39. The minimum absolute atomic E-state index is 0.209. The second-order valence-electron chi connectivity index (χ2n) is 8.37. The molecule has 2 aliphatic rings. The molecule has 4 unspecified atom stereocenters. The molecule has 2 aliphatic heterocycles. The maximum absolute atomic E-state index is 6.37. The second-order valence-corrected chi connectivity index (χ2v) is 8.37. The molecule has 0 spiro atoms. The summed E-state index contributed by atoms with van der Waals surface area (Å²) < 4.78 is 24.3. The fourth-order valence-corrected chi connectivity index (χ4v) is 4.42. The van der Waals surface area contributed by atoms with Crippen molar-refractivity contribution < 1.29 is 18.9 Å². The van der Waals surface area contributed by atoms with Gasteiger partial charge < -0.3 is 18.9 Å². The number of epoxide rings is 2. The number of hydrogen-bond acceptors (Lipinski definition) is 4. The van der Waals surface area contributed by atoms with E-state index in [0.717, 1.165) is 58.7 Å². The van der Waals surface area contributed by atoms with Gasteiger partial charge in [0.05, 0.1) is 12.2 Å². The Morgan fingerprint density at radius 1 is 0.600 bits per heavy atom. The largest absolute Gasteiger partial charge is 0.489 e. The fourth-order valence-electron chi connectivity index (χ4n) is 4.42. The molecule has 0 saturated carbocycles. The molecule has 0 amide bonds.